The molecular formula is C17H17NO3S2. The van der Waals surface area contributed by atoms with Crippen molar-refractivity contribution >= 4 is 46.3 Å². The molecule has 1 aliphatic rings. The number of thioether (sulfide) groups is 1. The summed E-state index contributed by atoms with van der Waals surface area (Å²) in [6, 6.07) is 9.86. The summed E-state index contributed by atoms with van der Waals surface area (Å²) in [5.74, 6) is -1.01. The van der Waals surface area contributed by atoms with Crippen molar-refractivity contribution in [3.63, 3.8) is 0 Å². The molecule has 0 saturated carbocycles. The molecule has 0 bridgehead atoms. The fourth-order valence-corrected chi connectivity index (χ4v) is 3.50. The summed E-state index contributed by atoms with van der Waals surface area (Å²) in [5, 5.41) is 8.67. The van der Waals surface area contributed by atoms with Crippen LogP contribution in [0, 0.1) is 0 Å². The number of carboxylic acid groups (broad SMARTS) is 1. The SMILES string of the molecule is CC(=Cc1ccccc1)C=C1SC(=S)N(CCCC(=O)O)C1=O. The average molecular weight is 347 g/mol. The third-order valence-electron chi connectivity index (χ3n) is 3.20. The molecule has 1 aromatic rings. The number of allylic oxidation sites excluding steroid dienone is 2. The summed E-state index contributed by atoms with van der Waals surface area (Å²) in [4.78, 5) is 25.0. The van der Waals surface area contributed by atoms with Crippen LogP contribution in [0.2, 0.25) is 0 Å². The first kappa shape index (κ1) is 17.4. The number of aliphatic carboxylic acids is 1. The zero-order valence-electron chi connectivity index (χ0n) is 12.7. The molecule has 2 rings (SSSR count). The van der Waals surface area contributed by atoms with E-state index in [1.165, 1.54) is 16.7 Å². The molecule has 0 aliphatic carbocycles. The fraction of sp³-hybridized carbons (Fsp3) is 0.235. The third-order valence-corrected chi connectivity index (χ3v) is 4.58. The Kier molecular flexibility index (Phi) is 6.12. The van der Waals surface area contributed by atoms with Crippen molar-refractivity contribution in [2.75, 3.05) is 6.54 Å². The van der Waals surface area contributed by atoms with Gasteiger partial charge in [0.2, 0.25) is 0 Å². The monoisotopic (exact) mass is 347 g/mol. The molecule has 0 unspecified atom stereocenters. The predicted octanol–water partition coefficient (Wildman–Crippen LogP) is 3.70. The minimum absolute atomic E-state index is 0.0308. The quantitative estimate of drug-likeness (QED) is 0.628. The molecule has 1 amide bonds. The number of amides is 1. The van der Waals surface area contributed by atoms with Gasteiger partial charge in [-0.2, -0.15) is 0 Å². The molecular weight excluding hydrogens is 330 g/mol. The molecule has 0 radical (unpaired) electrons. The van der Waals surface area contributed by atoms with Gasteiger partial charge in [-0.3, -0.25) is 14.5 Å². The van der Waals surface area contributed by atoms with Crippen LogP contribution < -0.4 is 0 Å². The molecule has 0 atom stereocenters. The highest BCUT2D eigenvalue weighted by Gasteiger charge is 2.31. The van der Waals surface area contributed by atoms with Crippen LogP contribution in [0.25, 0.3) is 6.08 Å². The Morgan fingerprint density at radius 3 is 2.70 bits per heavy atom. The van der Waals surface area contributed by atoms with Crippen molar-refractivity contribution in [2.45, 2.75) is 19.8 Å². The van der Waals surface area contributed by atoms with Gasteiger partial charge in [0.25, 0.3) is 5.91 Å². The van der Waals surface area contributed by atoms with Crippen molar-refractivity contribution < 1.29 is 14.7 Å². The Morgan fingerprint density at radius 2 is 2.04 bits per heavy atom. The van der Waals surface area contributed by atoms with Gasteiger partial charge in [0.1, 0.15) is 4.32 Å². The van der Waals surface area contributed by atoms with E-state index in [2.05, 4.69) is 0 Å². The van der Waals surface area contributed by atoms with Crippen LogP contribution in [0.15, 0.2) is 46.9 Å². The van der Waals surface area contributed by atoms with Gasteiger partial charge in [-0.1, -0.05) is 60.4 Å². The van der Waals surface area contributed by atoms with Crippen LogP contribution in [-0.4, -0.2) is 32.7 Å². The van der Waals surface area contributed by atoms with E-state index in [1.807, 2.05) is 49.4 Å². The van der Waals surface area contributed by atoms with E-state index in [9.17, 15) is 9.59 Å². The van der Waals surface area contributed by atoms with Crippen LogP contribution >= 0.6 is 24.0 Å². The molecule has 0 spiro atoms. The zero-order valence-corrected chi connectivity index (χ0v) is 14.3. The number of carbonyl (C=O) groups is 2. The molecule has 1 aliphatic heterocycles. The van der Waals surface area contributed by atoms with Gasteiger partial charge in [-0.05, 0) is 30.6 Å². The van der Waals surface area contributed by atoms with E-state index in [4.69, 9.17) is 17.3 Å². The molecule has 1 saturated heterocycles. The zero-order chi connectivity index (χ0) is 16.8. The van der Waals surface area contributed by atoms with Crippen LogP contribution in [-0.2, 0) is 9.59 Å². The van der Waals surface area contributed by atoms with E-state index in [-0.39, 0.29) is 12.3 Å². The van der Waals surface area contributed by atoms with Gasteiger partial charge in [-0.25, -0.2) is 0 Å². The van der Waals surface area contributed by atoms with Crippen molar-refractivity contribution in [1.29, 1.82) is 0 Å². The molecule has 0 aromatic heterocycles. The third kappa shape index (κ3) is 5.04. The largest absolute Gasteiger partial charge is 0.481 e. The Balaban J connectivity index is 2.06. The number of carbonyl (C=O) groups excluding carboxylic acids is 1. The molecule has 4 nitrogen and oxygen atoms in total. The van der Waals surface area contributed by atoms with Crippen molar-refractivity contribution in [2.24, 2.45) is 0 Å². The summed E-state index contributed by atoms with van der Waals surface area (Å²) < 4.78 is 0.485. The summed E-state index contributed by atoms with van der Waals surface area (Å²) >= 11 is 6.48. The molecule has 1 aromatic carbocycles. The number of nitrogens with zero attached hydrogens (tertiary/aromatic N) is 1. The lowest BCUT2D eigenvalue weighted by Gasteiger charge is -2.13. The number of rotatable bonds is 6. The first-order valence-electron chi connectivity index (χ1n) is 7.18. The van der Waals surface area contributed by atoms with Gasteiger partial charge in [-0.15, -0.1) is 0 Å². The maximum absolute atomic E-state index is 12.4. The first-order chi connectivity index (χ1) is 11.0. The second-order valence-corrected chi connectivity index (χ2v) is 6.81. The second kappa shape index (κ2) is 8.08. The van der Waals surface area contributed by atoms with E-state index in [0.717, 1.165) is 11.1 Å². The maximum Gasteiger partial charge on any atom is 0.303 e. The normalized spacial score (nSPS) is 17.2. The highest BCUT2D eigenvalue weighted by Crippen LogP contribution is 2.32. The van der Waals surface area contributed by atoms with Crippen molar-refractivity contribution in [3.05, 3.63) is 52.4 Å². The average Bonchev–Trinajstić information content (AvgIpc) is 2.75. The molecule has 23 heavy (non-hydrogen) atoms. The van der Waals surface area contributed by atoms with Gasteiger partial charge in [0.05, 0.1) is 4.91 Å². The highest BCUT2D eigenvalue weighted by atomic mass is 32.2. The number of carboxylic acids is 1. The summed E-state index contributed by atoms with van der Waals surface area (Å²) in [5.41, 5.74) is 2.03. The lowest BCUT2D eigenvalue weighted by molar-refractivity contribution is -0.137. The van der Waals surface area contributed by atoms with Crippen molar-refractivity contribution in [3.8, 4) is 0 Å². The van der Waals surface area contributed by atoms with Crippen molar-refractivity contribution in [1.82, 2.24) is 4.90 Å². The summed E-state index contributed by atoms with van der Waals surface area (Å²) in [7, 11) is 0. The van der Waals surface area contributed by atoms with Crippen LogP contribution in [0.4, 0.5) is 0 Å². The summed E-state index contributed by atoms with van der Waals surface area (Å²) in [6.07, 6.45) is 4.25. The lowest BCUT2D eigenvalue weighted by Crippen LogP contribution is -2.29. The Hall–Kier alpha value is -1.92. The minimum atomic E-state index is -0.868. The maximum atomic E-state index is 12.4. The fourth-order valence-electron chi connectivity index (χ4n) is 2.14. The van der Waals surface area contributed by atoms with E-state index < -0.39 is 5.97 Å². The molecule has 1 fully saturated rings. The van der Waals surface area contributed by atoms with Gasteiger partial charge < -0.3 is 5.11 Å². The van der Waals surface area contributed by atoms with E-state index in [1.54, 1.807) is 0 Å². The van der Waals surface area contributed by atoms with Gasteiger partial charge in [0, 0.05) is 13.0 Å². The highest BCUT2D eigenvalue weighted by molar-refractivity contribution is 8.26. The van der Waals surface area contributed by atoms with Gasteiger partial charge >= 0.3 is 5.97 Å². The second-order valence-electron chi connectivity index (χ2n) is 5.13. The smallest absolute Gasteiger partial charge is 0.303 e. The van der Waals surface area contributed by atoms with Crippen LogP contribution in [0.3, 0.4) is 0 Å². The number of benzene rings is 1. The predicted molar refractivity (Wildman–Crippen MR) is 96.9 cm³/mol. The van der Waals surface area contributed by atoms with E-state index in [0.29, 0.717) is 22.2 Å². The molecule has 120 valence electrons. The Morgan fingerprint density at radius 1 is 1.35 bits per heavy atom. The number of thiocarbonyl (C=S) groups is 1. The molecule has 1 N–H and O–H groups in total. The Labute approximate surface area is 144 Å². The lowest BCUT2D eigenvalue weighted by atomic mass is 10.1. The first-order valence-corrected chi connectivity index (χ1v) is 8.40. The number of hydrogen-bond donors (Lipinski definition) is 1. The van der Waals surface area contributed by atoms with Crippen LogP contribution in [0.5, 0.6) is 0 Å². The Bertz CT molecular complexity index is 680. The van der Waals surface area contributed by atoms with E-state index >= 15 is 0 Å². The standard InChI is InChI=1S/C17H17NO3S2/c1-12(10-13-6-3-2-4-7-13)11-14-16(21)18(17(22)23-14)9-5-8-15(19)20/h2-4,6-7,10-11H,5,8-9H2,1H3,(H,19,20). The molecule has 1 heterocycles. The topological polar surface area (TPSA) is 57.6 Å². The van der Waals surface area contributed by atoms with Crippen LogP contribution in [0.1, 0.15) is 25.3 Å². The summed E-state index contributed by atoms with van der Waals surface area (Å²) in [6.45, 7) is 2.28. The molecule has 6 heteroatoms. The minimum Gasteiger partial charge on any atom is -0.481 e. The number of hydrogen-bond acceptors (Lipinski definition) is 4. The van der Waals surface area contributed by atoms with Gasteiger partial charge in [0.15, 0.2) is 0 Å².